The highest BCUT2D eigenvalue weighted by atomic mass is 16.5. The van der Waals surface area contributed by atoms with Crippen molar-refractivity contribution >= 4 is 5.91 Å². The minimum atomic E-state index is -0.640. The van der Waals surface area contributed by atoms with E-state index in [1.54, 1.807) is 19.1 Å². The monoisotopic (exact) mass is 450 g/mol. The van der Waals surface area contributed by atoms with Gasteiger partial charge in [0.05, 0.1) is 25.5 Å². The van der Waals surface area contributed by atoms with Crippen molar-refractivity contribution in [1.82, 2.24) is 15.1 Å². The second-order valence-corrected chi connectivity index (χ2v) is 8.45. The number of H-pyrrole nitrogens is 1. The van der Waals surface area contributed by atoms with Crippen LogP contribution >= 0.6 is 0 Å². The summed E-state index contributed by atoms with van der Waals surface area (Å²) in [5.41, 5.74) is 10.4. The van der Waals surface area contributed by atoms with E-state index in [0.29, 0.717) is 23.6 Å². The molecule has 0 unspecified atom stereocenters. The average molecular weight is 451 g/mol. The number of methoxy groups -OCH3 is 1. The molecule has 176 valence electrons. The molecule has 33 heavy (non-hydrogen) atoms. The molecule has 0 fully saturated rings. The summed E-state index contributed by atoms with van der Waals surface area (Å²) in [6.07, 6.45) is 2.93. The second kappa shape index (κ2) is 11.6. The van der Waals surface area contributed by atoms with Gasteiger partial charge in [0.2, 0.25) is 0 Å². The molecule has 3 aromatic rings. The topological polar surface area (TPSA) is 104 Å². The molecule has 3 rings (SSSR count). The number of rotatable bonds is 11. The number of nitrogens with two attached hydrogens (primary N) is 1. The van der Waals surface area contributed by atoms with Crippen molar-refractivity contribution in [3.63, 3.8) is 0 Å². The number of unbranched alkanes of at least 4 members (excludes halogenated alkanes) is 1. The van der Waals surface area contributed by atoms with Crippen LogP contribution in [0.25, 0.3) is 0 Å². The van der Waals surface area contributed by atoms with Crippen LogP contribution in [0.3, 0.4) is 0 Å². The largest absolute Gasteiger partial charge is 0.493 e. The fraction of sp³-hybridized carbons (Fsp3) is 0.385. The van der Waals surface area contributed by atoms with Crippen LogP contribution in [-0.4, -0.2) is 46.3 Å². The lowest BCUT2D eigenvalue weighted by Crippen LogP contribution is -2.28. The minimum absolute atomic E-state index is 0.0647. The summed E-state index contributed by atoms with van der Waals surface area (Å²) in [5.74, 6) is 0.617. The van der Waals surface area contributed by atoms with Crippen LogP contribution in [0.4, 0.5) is 0 Å². The van der Waals surface area contributed by atoms with Gasteiger partial charge in [0.25, 0.3) is 5.91 Å². The van der Waals surface area contributed by atoms with Crippen LogP contribution in [0.2, 0.25) is 0 Å². The molecule has 0 radical (unpaired) electrons. The normalized spacial score (nSPS) is 12.9. The molecule has 4 N–H and O–H groups in total. The zero-order valence-electron chi connectivity index (χ0n) is 19.6. The highest BCUT2D eigenvalue weighted by Gasteiger charge is 2.18. The van der Waals surface area contributed by atoms with Crippen molar-refractivity contribution in [2.75, 3.05) is 14.2 Å². The van der Waals surface area contributed by atoms with Crippen molar-refractivity contribution in [2.45, 2.75) is 51.3 Å². The van der Waals surface area contributed by atoms with Gasteiger partial charge in [0.15, 0.2) is 5.75 Å². The SMILES string of the molecule is COc1c(CN(C)C(=O)c2ccc(CCCC[C@@H](N)[C@H](O)c3ccccc3)cc2)n[nH]c1C. The van der Waals surface area contributed by atoms with Crippen LogP contribution in [0, 0.1) is 6.92 Å². The van der Waals surface area contributed by atoms with Gasteiger partial charge in [-0.2, -0.15) is 5.10 Å². The van der Waals surface area contributed by atoms with Gasteiger partial charge in [-0.3, -0.25) is 9.89 Å². The quantitative estimate of drug-likeness (QED) is 0.386. The third kappa shape index (κ3) is 6.43. The molecule has 0 bridgehead atoms. The Morgan fingerprint density at radius 1 is 1.15 bits per heavy atom. The second-order valence-electron chi connectivity index (χ2n) is 8.45. The highest BCUT2D eigenvalue weighted by Crippen LogP contribution is 2.22. The van der Waals surface area contributed by atoms with E-state index in [2.05, 4.69) is 10.2 Å². The predicted molar refractivity (Wildman–Crippen MR) is 129 cm³/mol. The summed E-state index contributed by atoms with van der Waals surface area (Å²) in [6.45, 7) is 2.25. The molecule has 0 spiro atoms. The van der Waals surface area contributed by atoms with Crippen molar-refractivity contribution in [1.29, 1.82) is 0 Å². The number of carbonyl (C=O) groups excluding carboxylic acids is 1. The Morgan fingerprint density at radius 3 is 2.52 bits per heavy atom. The molecule has 0 saturated carbocycles. The van der Waals surface area contributed by atoms with E-state index in [1.807, 2.05) is 61.5 Å². The summed E-state index contributed by atoms with van der Waals surface area (Å²) in [7, 11) is 3.35. The number of aryl methyl sites for hydroxylation is 2. The minimum Gasteiger partial charge on any atom is -0.493 e. The summed E-state index contributed by atoms with van der Waals surface area (Å²) in [4.78, 5) is 14.4. The van der Waals surface area contributed by atoms with Crippen molar-refractivity contribution in [3.05, 3.63) is 82.7 Å². The van der Waals surface area contributed by atoms with Crippen molar-refractivity contribution in [2.24, 2.45) is 5.73 Å². The zero-order valence-corrected chi connectivity index (χ0v) is 19.6. The van der Waals surface area contributed by atoms with Crippen molar-refractivity contribution in [3.8, 4) is 5.75 Å². The van der Waals surface area contributed by atoms with Gasteiger partial charge in [-0.1, -0.05) is 48.9 Å². The van der Waals surface area contributed by atoms with E-state index in [-0.39, 0.29) is 11.9 Å². The lowest BCUT2D eigenvalue weighted by atomic mass is 9.97. The summed E-state index contributed by atoms with van der Waals surface area (Å²) in [6, 6.07) is 17.0. The molecule has 2 atom stereocenters. The average Bonchev–Trinajstić information content (AvgIpc) is 3.20. The maximum Gasteiger partial charge on any atom is 0.253 e. The Kier molecular flexibility index (Phi) is 8.63. The number of aromatic nitrogens is 2. The molecule has 2 aromatic carbocycles. The number of aliphatic hydroxyl groups excluding tert-OH is 1. The number of amides is 1. The number of ether oxygens (including phenoxy) is 1. The molecule has 0 aliphatic heterocycles. The zero-order chi connectivity index (χ0) is 23.8. The molecular weight excluding hydrogens is 416 g/mol. The number of aliphatic hydroxyl groups is 1. The molecule has 1 heterocycles. The van der Waals surface area contributed by atoms with Crippen LogP contribution in [0.15, 0.2) is 54.6 Å². The summed E-state index contributed by atoms with van der Waals surface area (Å²) < 4.78 is 5.36. The van der Waals surface area contributed by atoms with E-state index in [4.69, 9.17) is 10.5 Å². The molecule has 1 aromatic heterocycles. The first-order chi connectivity index (χ1) is 15.9. The maximum atomic E-state index is 12.8. The van der Waals surface area contributed by atoms with Gasteiger partial charge in [-0.15, -0.1) is 0 Å². The fourth-order valence-electron chi connectivity index (χ4n) is 3.94. The first-order valence-corrected chi connectivity index (χ1v) is 11.3. The van der Waals surface area contributed by atoms with E-state index >= 15 is 0 Å². The Morgan fingerprint density at radius 2 is 1.85 bits per heavy atom. The smallest absolute Gasteiger partial charge is 0.253 e. The molecule has 0 saturated heterocycles. The van der Waals surface area contributed by atoms with Crippen LogP contribution in [0.5, 0.6) is 5.75 Å². The van der Waals surface area contributed by atoms with Gasteiger partial charge in [-0.25, -0.2) is 0 Å². The Bertz CT molecular complexity index is 1020. The number of nitrogens with zero attached hydrogens (tertiary/aromatic N) is 2. The molecule has 0 aliphatic carbocycles. The number of hydrogen-bond donors (Lipinski definition) is 3. The fourth-order valence-corrected chi connectivity index (χ4v) is 3.94. The van der Waals surface area contributed by atoms with Crippen molar-refractivity contribution < 1.29 is 14.6 Å². The van der Waals surface area contributed by atoms with Crippen LogP contribution in [-0.2, 0) is 13.0 Å². The van der Waals surface area contributed by atoms with E-state index in [0.717, 1.165) is 36.9 Å². The Hall–Kier alpha value is -3.16. The van der Waals surface area contributed by atoms with E-state index < -0.39 is 6.10 Å². The van der Waals surface area contributed by atoms with Crippen LogP contribution in [0.1, 0.15) is 58.2 Å². The lowest BCUT2D eigenvalue weighted by Gasteiger charge is -2.19. The number of aromatic amines is 1. The van der Waals surface area contributed by atoms with Gasteiger partial charge in [0, 0.05) is 18.7 Å². The molecule has 7 heteroatoms. The van der Waals surface area contributed by atoms with E-state index in [1.165, 1.54) is 5.56 Å². The molecule has 0 aliphatic rings. The third-order valence-corrected chi connectivity index (χ3v) is 5.90. The Balaban J connectivity index is 1.45. The summed E-state index contributed by atoms with van der Waals surface area (Å²) in [5, 5.41) is 17.5. The highest BCUT2D eigenvalue weighted by molar-refractivity contribution is 5.94. The number of nitrogens with one attached hydrogen (secondary N) is 1. The number of hydrogen-bond acceptors (Lipinski definition) is 5. The van der Waals surface area contributed by atoms with Gasteiger partial charge >= 0.3 is 0 Å². The van der Waals surface area contributed by atoms with Gasteiger partial charge in [0.1, 0.15) is 5.69 Å². The third-order valence-electron chi connectivity index (χ3n) is 5.90. The molecular formula is C26H34N4O3. The maximum absolute atomic E-state index is 12.8. The predicted octanol–water partition coefficient (Wildman–Crippen LogP) is 3.77. The van der Waals surface area contributed by atoms with E-state index in [9.17, 15) is 9.90 Å². The summed E-state index contributed by atoms with van der Waals surface area (Å²) >= 11 is 0. The standard InChI is InChI=1S/C26H34N4O3/c1-18-25(33-3)23(29-28-18)17-30(2)26(32)21-15-13-19(14-16-21)9-7-8-12-22(27)24(31)20-10-5-4-6-11-20/h4-6,10-11,13-16,22,24,31H,7-9,12,17,27H2,1-3H3,(H,28,29)/t22-,24-/m1/s1. The molecule has 7 nitrogen and oxygen atoms in total. The lowest BCUT2D eigenvalue weighted by molar-refractivity contribution is 0.0782. The number of carbonyl (C=O) groups is 1. The Labute approximate surface area is 195 Å². The van der Waals surface area contributed by atoms with Gasteiger partial charge < -0.3 is 20.5 Å². The molecule has 1 amide bonds. The first-order valence-electron chi connectivity index (χ1n) is 11.3. The van der Waals surface area contributed by atoms with Gasteiger partial charge in [-0.05, 0) is 49.4 Å². The number of benzene rings is 2. The first kappa shape index (κ1) is 24.5. The van der Waals surface area contributed by atoms with Crippen LogP contribution < -0.4 is 10.5 Å².